The van der Waals surface area contributed by atoms with E-state index in [1.807, 2.05) is 28.9 Å². The highest BCUT2D eigenvalue weighted by molar-refractivity contribution is 5.85. The number of carbonyl (C=O) groups is 1. The minimum Gasteiger partial charge on any atom is -0.337 e. The van der Waals surface area contributed by atoms with Gasteiger partial charge < -0.3 is 14.8 Å². The molecule has 1 unspecified atom stereocenters. The maximum absolute atomic E-state index is 12.7. The normalized spacial score (nSPS) is 19.0. The summed E-state index contributed by atoms with van der Waals surface area (Å²) in [6, 6.07) is 0.600. The summed E-state index contributed by atoms with van der Waals surface area (Å²) in [7, 11) is 2.01. The first kappa shape index (κ1) is 19.9. The molecule has 2 heterocycles. The van der Waals surface area contributed by atoms with Gasteiger partial charge in [-0.05, 0) is 27.7 Å². The fourth-order valence-electron chi connectivity index (χ4n) is 3.32. The number of aromatic nitrogens is 2. The number of carbonyl (C=O) groups excluding carboxylic acids is 1. The van der Waals surface area contributed by atoms with Crippen molar-refractivity contribution in [3.63, 3.8) is 0 Å². The first-order valence-corrected chi connectivity index (χ1v) is 8.15. The molecule has 132 valence electrons. The van der Waals surface area contributed by atoms with Gasteiger partial charge in [-0.2, -0.15) is 0 Å². The topological polar surface area (TPSA) is 53.4 Å². The summed E-state index contributed by atoms with van der Waals surface area (Å²) in [5.74, 6) is 1.21. The number of amides is 1. The van der Waals surface area contributed by atoms with Crippen molar-refractivity contribution in [2.24, 2.45) is 7.05 Å². The van der Waals surface area contributed by atoms with Gasteiger partial charge in [0.1, 0.15) is 5.82 Å². The number of hydrogen-bond donors (Lipinski definition) is 1. The Bertz CT molecular complexity index is 494. The first-order valence-electron chi connectivity index (χ1n) is 8.15. The van der Waals surface area contributed by atoms with Crippen LogP contribution in [0.5, 0.6) is 0 Å². The Morgan fingerprint density at radius 1 is 1.39 bits per heavy atom. The van der Waals surface area contributed by atoms with Gasteiger partial charge in [0.25, 0.3) is 0 Å². The van der Waals surface area contributed by atoms with Gasteiger partial charge in [-0.1, -0.05) is 0 Å². The van der Waals surface area contributed by atoms with Crippen molar-refractivity contribution < 1.29 is 4.79 Å². The number of nitrogens with one attached hydrogen (secondary N) is 1. The molecule has 2 rings (SSSR count). The van der Waals surface area contributed by atoms with Gasteiger partial charge in [-0.15, -0.1) is 12.4 Å². The Morgan fingerprint density at radius 2 is 2.04 bits per heavy atom. The second kappa shape index (κ2) is 8.66. The third-order valence-corrected chi connectivity index (χ3v) is 4.25. The number of piperazine rings is 1. The number of rotatable bonds is 5. The van der Waals surface area contributed by atoms with Crippen molar-refractivity contribution in [1.29, 1.82) is 0 Å². The van der Waals surface area contributed by atoms with Crippen LogP contribution in [-0.2, 0) is 11.8 Å². The van der Waals surface area contributed by atoms with Crippen molar-refractivity contribution in [3.05, 3.63) is 18.2 Å². The fraction of sp³-hybridized carbons (Fsp3) is 0.750. The molecule has 1 fully saturated rings. The molecule has 1 N–H and O–H groups in total. The summed E-state index contributed by atoms with van der Waals surface area (Å²) in [5.41, 5.74) is 0. The van der Waals surface area contributed by atoms with Gasteiger partial charge in [0, 0.05) is 51.2 Å². The zero-order valence-corrected chi connectivity index (χ0v) is 15.6. The molecule has 0 spiro atoms. The van der Waals surface area contributed by atoms with Crippen LogP contribution < -0.4 is 5.32 Å². The minimum absolute atomic E-state index is 0. The Balaban J connectivity index is 0.00000264. The number of halogens is 1. The van der Waals surface area contributed by atoms with Gasteiger partial charge in [-0.25, -0.2) is 4.98 Å². The molecule has 0 bridgehead atoms. The molecule has 0 aromatic carbocycles. The molecular weight excluding hydrogens is 314 g/mol. The Morgan fingerprint density at radius 3 is 2.57 bits per heavy atom. The standard InChI is InChI=1S/C16H29N5O.ClH/c1-12(2)21(13(3)4)15(22)11-20-9-6-17-10-14(20)16-18-7-8-19(16)5;/h7-8,12-14,17H,6,9-11H2,1-5H3;1H. The maximum Gasteiger partial charge on any atom is 0.237 e. The molecule has 1 saturated heterocycles. The maximum atomic E-state index is 12.7. The van der Waals surface area contributed by atoms with Gasteiger partial charge in [0.05, 0.1) is 12.6 Å². The SMILES string of the molecule is CC(C)N(C(=O)CN1CCNCC1c1nccn1C)C(C)C.Cl. The molecule has 1 aromatic rings. The Labute approximate surface area is 145 Å². The largest absolute Gasteiger partial charge is 0.337 e. The predicted molar refractivity (Wildman–Crippen MR) is 94.8 cm³/mol. The number of nitrogens with zero attached hydrogens (tertiary/aromatic N) is 4. The lowest BCUT2D eigenvalue weighted by Gasteiger charge is -2.38. The highest BCUT2D eigenvalue weighted by atomic mass is 35.5. The molecule has 0 aliphatic carbocycles. The Kier molecular flexibility index (Phi) is 7.51. The van der Waals surface area contributed by atoms with Crippen molar-refractivity contribution in [2.45, 2.75) is 45.8 Å². The molecule has 1 atom stereocenters. The fourth-order valence-corrected chi connectivity index (χ4v) is 3.32. The third kappa shape index (κ3) is 4.68. The van der Waals surface area contributed by atoms with E-state index in [9.17, 15) is 4.79 Å². The van der Waals surface area contributed by atoms with Crippen LogP contribution >= 0.6 is 12.4 Å². The second-order valence-corrected chi connectivity index (χ2v) is 6.58. The smallest absolute Gasteiger partial charge is 0.237 e. The van der Waals surface area contributed by atoms with E-state index in [2.05, 4.69) is 42.9 Å². The molecule has 7 heteroatoms. The summed E-state index contributed by atoms with van der Waals surface area (Å²) in [4.78, 5) is 21.4. The van der Waals surface area contributed by atoms with Crippen molar-refractivity contribution in [2.75, 3.05) is 26.2 Å². The van der Waals surface area contributed by atoms with Gasteiger partial charge >= 0.3 is 0 Å². The van der Waals surface area contributed by atoms with E-state index in [4.69, 9.17) is 0 Å². The highest BCUT2D eigenvalue weighted by Crippen LogP contribution is 2.20. The molecule has 6 nitrogen and oxygen atoms in total. The minimum atomic E-state index is 0. The molecule has 23 heavy (non-hydrogen) atoms. The zero-order valence-electron chi connectivity index (χ0n) is 14.8. The molecule has 1 aliphatic heterocycles. The number of imidazole rings is 1. The lowest BCUT2D eigenvalue weighted by Crippen LogP contribution is -2.52. The molecule has 1 amide bonds. The Hall–Kier alpha value is -1.11. The van der Waals surface area contributed by atoms with Gasteiger partial charge in [0.15, 0.2) is 0 Å². The molecule has 0 radical (unpaired) electrons. The zero-order chi connectivity index (χ0) is 16.3. The summed E-state index contributed by atoms with van der Waals surface area (Å²) in [6.07, 6.45) is 3.77. The van der Waals surface area contributed by atoms with E-state index in [0.29, 0.717) is 6.54 Å². The van der Waals surface area contributed by atoms with Crippen LogP contribution in [0.25, 0.3) is 0 Å². The lowest BCUT2D eigenvalue weighted by atomic mass is 10.1. The van der Waals surface area contributed by atoms with E-state index in [0.717, 1.165) is 25.5 Å². The lowest BCUT2D eigenvalue weighted by molar-refractivity contribution is -0.136. The first-order chi connectivity index (χ1) is 10.4. The predicted octanol–water partition coefficient (Wildman–Crippen LogP) is 1.43. The third-order valence-electron chi connectivity index (χ3n) is 4.25. The van der Waals surface area contributed by atoms with Crippen molar-refractivity contribution >= 4 is 18.3 Å². The van der Waals surface area contributed by atoms with Crippen LogP contribution in [0.15, 0.2) is 12.4 Å². The summed E-state index contributed by atoms with van der Waals surface area (Å²) in [6.45, 7) is 11.4. The highest BCUT2D eigenvalue weighted by Gasteiger charge is 2.30. The molecule has 1 aromatic heterocycles. The molecule has 1 aliphatic rings. The summed E-state index contributed by atoms with van der Waals surface area (Å²) >= 11 is 0. The van der Waals surface area contributed by atoms with E-state index in [-0.39, 0.29) is 36.4 Å². The van der Waals surface area contributed by atoms with E-state index in [1.54, 1.807) is 0 Å². The average molecular weight is 344 g/mol. The van der Waals surface area contributed by atoms with Crippen LogP contribution in [0.2, 0.25) is 0 Å². The van der Waals surface area contributed by atoms with E-state index >= 15 is 0 Å². The quantitative estimate of drug-likeness (QED) is 0.879. The number of aryl methyl sites for hydroxylation is 1. The van der Waals surface area contributed by atoms with Crippen LogP contribution in [-0.4, -0.2) is 63.5 Å². The average Bonchev–Trinajstić information content (AvgIpc) is 2.84. The summed E-state index contributed by atoms with van der Waals surface area (Å²) in [5, 5.41) is 3.41. The van der Waals surface area contributed by atoms with Gasteiger partial charge in [0.2, 0.25) is 5.91 Å². The van der Waals surface area contributed by atoms with E-state index < -0.39 is 0 Å². The monoisotopic (exact) mass is 343 g/mol. The van der Waals surface area contributed by atoms with Gasteiger partial charge in [-0.3, -0.25) is 9.69 Å². The van der Waals surface area contributed by atoms with Crippen LogP contribution in [0, 0.1) is 0 Å². The van der Waals surface area contributed by atoms with E-state index in [1.165, 1.54) is 0 Å². The van der Waals surface area contributed by atoms with Crippen molar-refractivity contribution in [3.8, 4) is 0 Å². The van der Waals surface area contributed by atoms with Crippen LogP contribution in [0.1, 0.15) is 39.6 Å². The number of hydrogen-bond acceptors (Lipinski definition) is 4. The van der Waals surface area contributed by atoms with Crippen molar-refractivity contribution in [1.82, 2.24) is 24.7 Å². The summed E-state index contributed by atoms with van der Waals surface area (Å²) < 4.78 is 2.04. The molecular formula is C16H30ClN5O. The molecule has 0 saturated carbocycles. The van der Waals surface area contributed by atoms with Crippen LogP contribution in [0.3, 0.4) is 0 Å². The van der Waals surface area contributed by atoms with Crippen LogP contribution in [0.4, 0.5) is 0 Å². The second-order valence-electron chi connectivity index (χ2n) is 6.58.